The molecule has 5 heteroatoms. The molecule has 1 fully saturated rings. The largest absolute Gasteiger partial charge is 0.328 e. The van der Waals surface area contributed by atoms with Crippen LogP contribution in [0.5, 0.6) is 0 Å². The van der Waals surface area contributed by atoms with Gasteiger partial charge in [-0.3, -0.25) is 4.79 Å². The lowest BCUT2D eigenvalue weighted by Gasteiger charge is -2.40. The number of carbonyl (C=O) groups is 1. The lowest BCUT2D eigenvalue weighted by atomic mass is 10.0. The molecule has 1 aromatic carbocycles. The van der Waals surface area contributed by atoms with E-state index in [9.17, 15) is 4.79 Å². The highest BCUT2D eigenvalue weighted by Crippen LogP contribution is 2.27. The Kier molecular flexibility index (Phi) is 5.08. The second-order valence-corrected chi connectivity index (χ2v) is 7.01. The topological polar surface area (TPSA) is 36.4 Å². The minimum Gasteiger partial charge on any atom is -0.328 e. The quantitative estimate of drug-likeness (QED) is 0.864. The van der Waals surface area contributed by atoms with Crippen molar-refractivity contribution in [3.05, 3.63) is 52.0 Å². The highest BCUT2D eigenvalue weighted by Gasteiger charge is 2.31. The summed E-state index contributed by atoms with van der Waals surface area (Å²) in [4.78, 5) is 21.8. The highest BCUT2D eigenvalue weighted by atomic mass is 32.1. The number of piperazine rings is 1. The van der Waals surface area contributed by atoms with Gasteiger partial charge in [0.15, 0.2) is 0 Å². The average molecular weight is 329 g/mol. The van der Waals surface area contributed by atoms with Crippen molar-refractivity contribution in [2.24, 2.45) is 0 Å². The molecule has 1 unspecified atom stereocenters. The van der Waals surface area contributed by atoms with E-state index in [0.717, 1.165) is 37.5 Å². The number of aromatic nitrogens is 1. The maximum absolute atomic E-state index is 13.0. The normalized spacial score (nSPS) is 19.0. The molecule has 0 bridgehead atoms. The van der Waals surface area contributed by atoms with E-state index < -0.39 is 0 Å². The fourth-order valence-electron chi connectivity index (χ4n) is 3.01. The molecule has 1 atom stereocenters. The lowest BCUT2D eigenvalue weighted by Crippen LogP contribution is -2.49. The van der Waals surface area contributed by atoms with Gasteiger partial charge in [0.2, 0.25) is 0 Å². The monoisotopic (exact) mass is 329 g/mol. The number of hydrogen-bond acceptors (Lipinski definition) is 4. The molecule has 1 aromatic heterocycles. The first-order valence-corrected chi connectivity index (χ1v) is 9.06. The number of likely N-dealkylation sites (N-methyl/N-ethyl adjacent to an activating group) is 1. The molecular formula is C18H23N3OS. The zero-order chi connectivity index (χ0) is 16.2. The van der Waals surface area contributed by atoms with Crippen molar-refractivity contribution < 1.29 is 4.79 Å². The number of hydrogen-bond donors (Lipinski definition) is 0. The molecular weight excluding hydrogens is 306 g/mol. The van der Waals surface area contributed by atoms with Crippen molar-refractivity contribution in [3.8, 4) is 0 Å². The molecule has 0 radical (unpaired) electrons. The van der Waals surface area contributed by atoms with E-state index in [2.05, 4.69) is 36.0 Å². The van der Waals surface area contributed by atoms with Crippen LogP contribution in [0.15, 0.2) is 35.7 Å². The first-order valence-electron chi connectivity index (χ1n) is 8.18. The molecule has 0 aliphatic carbocycles. The Labute approximate surface area is 141 Å². The average Bonchev–Trinajstić information content (AvgIpc) is 3.04. The van der Waals surface area contributed by atoms with Gasteiger partial charge in [0, 0.05) is 25.0 Å². The van der Waals surface area contributed by atoms with E-state index in [1.807, 2.05) is 28.5 Å². The van der Waals surface area contributed by atoms with Gasteiger partial charge in [0.1, 0.15) is 5.69 Å². The van der Waals surface area contributed by atoms with Gasteiger partial charge in [-0.2, -0.15) is 0 Å². The molecule has 4 nitrogen and oxygen atoms in total. The van der Waals surface area contributed by atoms with E-state index in [1.165, 1.54) is 5.56 Å². The number of thiazole rings is 1. The van der Waals surface area contributed by atoms with Crippen molar-refractivity contribution in [1.82, 2.24) is 14.8 Å². The minimum absolute atomic E-state index is 0.0607. The molecule has 3 rings (SSSR count). The Balaban J connectivity index is 1.84. The summed E-state index contributed by atoms with van der Waals surface area (Å²) in [5.74, 6) is 0.0607. The van der Waals surface area contributed by atoms with Crippen LogP contribution >= 0.6 is 11.3 Å². The molecule has 1 saturated heterocycles. The zero-order valence-corrected chi connectivity index (χ0v) is 14.6. The van der Waals surface area contributed by atoms with Crippen LogP contribution in [0.3, 0.4) is 0 Å². The summed E-state index contributed by atoms with van der Waals surface area (Å²) in [6.45, 7) is 4.65. The van der Waals surface area contributed by atoms with Gasteiger partial charge in [0.05, 0.1) is 11.0 Å². The third kappa shape index (κ3) is 3.62. The van der Waals surface area contributed by atoms with Gasteiger partial charge < -0.3 is 9.80 Å². The van der Waals surface area contributed by atoms with E-state index in [1.54, 1.807) is 11.3 Å². The molecule has 0 saturated carbocycles. The Hall–Kier alpha value is -1.72. The predicted molar refractivity (Wildman–Crippen MR) is 93.8 cm³/mol. The van der Waals surface area contributed by atoms with Crippen molar-refractivity contribution in [3.63, 3.8) is 0 Å². The molecule has 122 valence electrons. The summed E-state index contributed by atoms with van der Waals surface area (Å²) < 4.78 is 0. The Morgan fingerprint density at radius 1 is 1.30 bits per heavy atom. The number of rotatable bonds is 4. The highest BCUT2D eigenvalue weighted by molar-refractivity contribution is 7.09. The van der Waals surface area contributed by atoms with Crippen molar-refractivity contribution in [2.45, 2.75) is 25.8 Å². The van der Waals surface area contributed by atoms with Crippen molar-refractivity contribution >= 4 is 17.2 Å². The van der Waals surface area contributed by atoms with Crippen LogP contribution in [0.25, 0.3) is 0 Å². The third-order valence-electron chi connectivity index (χ3n) is 4.26. The smallest absolute Gasteiger partial charge is 0.273 e. The Morgan fingerprint density at radius 2 is 2.09 bits per heavy atom. The van der Waals surface area contributed by atoms with Crippen molar-refractivity contribution in [2.75, 3.05) is 26.7 Å². The molecule has 0 N–H and O–H groups in total. The van der Waals surface area contributed by atoms with Gasteiger partial charge >= 0.3 is 0 Å². The molecule has 1 aliphatic heterocycles. The molecule has 2 aromatic rings. The summed E-state index contributed by atoms with van der Waals surface area (Å²) in [7, 11) is 2.11. The van der Waals surface area contributed by atoms with E-state index in [0.29, 0.717) is 5.69 Å². The van der Waals surface area contributed by atoms with Crippen LogP contribution < -0.4 is 0 Å². The summed E-state index contributed by atoms with van der Waals surface area (Å²) in [5, 5.41) is 2.97. The lowest BCUT2D eigenvalue weighted by molar-refractivity contribution is 0.0493. The SMILES string of the molecule is CCCc1nc(C(=O)N2CCN(C)CC2c2ccccc2)cs1. The molecule has 2 heterocycles. The number of benzene rings is 1. The number of carbonyl (C=O) groups excluding carboxylic acids is 1. The molecule has 1 aliphatic rings. The first-order chi connectivity index (χ1) is 11.2. The van der Waals surface area contributed by atoms with Crippen LogP contribution in [-0.4, -0.2) is 47.4 Å². The van der Waals surface area contributed by atoms with Crippen LogP contribution in [0, 0.1) is 0 Å². The minimum atomic E-state index is 0.0607. The zero-order valence-electron chi connectivity index (χ0n) is 13.7. The van der Waals surface area contributed by atoms with E-state index in [-0.39, 0.29) is 11.9 Å². The number of aryl methyl sites for hydroxylation is 1. The first kappa shape index (κ1) is 16.1. The van der Waals surface area contributed by atoms with E-state index in [4.69, 9.17) is 0 Å². The summed E-state index contributed by atoms with van der Waals surface area (Å²) in [5.41, 5.74) is 1.79. The second-order valence-electron chi connectivity index (χ2n) is 6.06. The Morgan fingerprint density at radius 3 is 2.83 bits per heavy atom. The van der Waals surface area contributed by atoms with Gasteiger partial charge in [-0.1, -0.05) is 37.3 Å². The van der Waals surface area contributed by atoms with Crippen LogP contribution in [0.2, 0.25) is 0 Å². The van der Waals surface area contributed by atoms with Crippen LogP contribution in [0.4, 0.5) is 0 Å². The standard InChI is InChI=1S/C18H23N3OS/c1-3-7-17-19-15(13-23-17)18(22)21-11-10-20(2)12-16(21)14-8-5-4-6-9-14/h4-6,8-9,13,16H,3,7,10-12H2,1-2H3. The second kappa shape index (κ2) is 7.23. The summed E-state index contributed by atoms with van der Waals surface area (Å²) in [6, 6.07) is 10.4. The van der Waals surface area contributed by atoms with Gasteiger partial charge in [-0.25, -0.2) is 4.98 Å². The van der Waals surface area contributed by atoms with Gasteiger partial charge in [0.25, 0.3) is 5.91 Å². The molecule has 0 spiro atoms. The maximum atomic E-state index is 13.0. The fraction of sp³-hybridized carbons (Fsp3) is 0.444. The molecule has 23 heavy (non-hydrogen) atoms. The fourth-order valence-corrected chi connectivity index (χ4v) is 3.88. The van der Waals surface area contributed by atoms with Crippen LogP contribution in [0.1, 0.15) is 40.4 Å². The summed E-state index contributed by atoms with van der Waals surface area (Å²) in [6.07, 6.45) is 2.01. The number of nitrogens with zero attached hydrogens (tertiary/aromatic N) is 3. The van der Waals surface area contributed by atoms with Gasteiger partial charge in [-0.05, 0) is 25.5 Å². The predicted octanol–water partition coefficient (Wildman–Crippen LogP) is 3.22. The van der Waals surface area contributed by atoms with Crippen LogP contribution in [-0.2, 0) is 6.42 Å². The van der Waals surface area contributed by atoms with E-state index >= 15 is 0 Å². The van der Waals surface area contributed by atoms with Crippen molar-refractivity contribution in [1.29, 1.82) is 0 Å². The molecule has 1 amide bonds. The number of amides is 1. The third-order valence-corrected chi connectivity index (χ3v) is 5.17. The summed E-state index contributed by atoms with van der Waals surface area (Å²) >= 11 is 1.60. The maximum Gasteiger partial charge on any atom is 0.273 e. The van der Waals surface area contributed by atoms with Gasteiger partial charge in [-0.15, -0.1) is 11.3 Å². The Bertz CT molecular complexity index is 655.